The van der Waals surface area contributed by atoms with Crippen LogP contribution in [0.2, 0.25) is 0 Å². The van der Waals surface area contributed by atoms with Crippen molar-refractivity contribution in [1.29, 1.82) is 5.26 Å². The number of carbonyl (C=O) groups is 1. The van der Waals surface area contributed by atoms with Crippen molar-refractivity contribution in [1.82, 2.24) is 4.31 Å². The van der Waals surface area contributed by atoms with Crippen LogP contribution in [0.15, 0.2) is 53.4 Å². The molecule has 0 unspecified atom stereocenters. The molecule has 0 radical (unpaired) electrons. The summed E-state index contributed by atoms with van der Waals surface area (Å²) in [4.78, 5) is 12.5. The van der Waals surface area contributed by atoms with Crippen LogP contribution in [0.4, 0.5) is 5.69 Å². The second kappa shape index (κ2) is 9.00. The highest BCUT2D eigenvalue weighted by Crippen LogP contribution is 2.23. The van der Waals surface area contributed by atoms with E-state index in [1.165, 1.54) is 10.4 Å². The number of rotatable bonds is 6. The molecule has 1 fully saturated rings. The predicted molar refractivity (Wildman–Crippen MR) is 107 cm³/mol. The van der Waals surface area contributed by atoms with Crippen LogP contribution in [0.25, 0.3) is 0 Å². The highest BCUT2D eigenvalue weighted by molar-refractivity contribution is 7.89. The van der Waals surface area contributed by atoms with Gasteiger partial charge >= 0.3 is 0 Å². The fourth-order valence-electron chi connectivity index (χ4n) is 3.22. The van der Waals surface area contributed by atoms with E-state index in [4.69, 9.17) is 5.26 Å². The van der Waals surface area contributed by atoms with Gasteiger partial charge in [-0.15, -0.1) is 0 Å². The highest BCUT2D eigenvalue weighted by Gasteiger charge is 2.26. The summed E-state index contributed by atoms with van der Waals surface area (Å²) in [7, 11) is -3.53. The molecule has 0 spiro atoms. The number of hydrogen-bond acceptors (Lipinski definition) is 4. The number of nitrogens with zero attached hydrogens (tertiary/aromatic N) is 2. The molecule has 1 N–H and O–H groups in total. The van der Waals surface area contributed by atoms with Gasteiger partial charge in [-0.3, -0.25) is 4.79 Å². The number of sulfonamides is 1. The second-order valence-corrected chi connectivity index (χ2v) is 8.79. The van der Waals surface area contributed by atoms with Crippen LogP contribution in [0.1, 0.15) is 36.8 Å². The molecule has 0 atom stereocenters. The lowest BCUT2D eigenvalue weighted by atomic mass is 10.1. The smallest absolute Gasteiger partial charge is 0.243 e. The first kappa shape index (κ1) is 20.1. The number of nitrogens with one attached hydrogen (secondary N) is 1. The topological polar surface area (TPSA) is 90.3 Å². The van der Waals surface area contributed by atoms with Crippen LogP contribution in [-0.4, -0.2) is 31.7 Å². The number of nitriles is 1. The zero-order chi connectivity index (χ0) is 20.0. The van der Waals surface area contributed by atoms with Gasteiger partial charge in [-0.1, -0.05) is 24.6 Å². The van der Waals surface area contributed by atoms with Gasteiger partial charge < -0.3 is 5.32 Å². The fraction of sp³-hybridized carbons (Fsp3) is 0.333. The molecule has 0 aromatic heterocycles. The third kappa shape index (κ3) is 4.97. The Morgan fingerprint density at radius 1 is 1.07 bits per heavy atom. The van der Waals surface area contributed by atoms with E-state index in [0.29, 0.717) is 30.8 Å². The largest absolute Gasteiger partial charge is 0.326 e. The molecule has 0 saturated carbocycles. The average molecular weight is 398 g/mol. The zero-order valence-electron chi connectivity index (χ0n) is 15.6. The summed E-state index contributed by atoms with van der Waals surface area (Å²) in [6.45, 7) is 1.09. The number of hydrogen-bond donors (Lipinski definition) is 1. The molecule has 28 heavy (non-hydrogen) atoms. The molecule has 1 heterocycles. The van der Waals surface area contributed by atoms with Gasteiger partial charge in [0, 0.05) is 25.2 Å². The van der Waals surface area contributed by atoms with Gasteiger partial charge in [-0.2, -0.15) is 9.57 Å². The number of amides is 1. The van der Waals surface area contributed by atoms with Crippen LogP contribution < -0.4 is 5.32 Å². The van der Waals surface area contributed by atoms with Gasteiger partial charge in [0.1, 0.15) is 0 Å². The van der Waals surface area contributed by atoms with Gasteiger partial charge in [0.15, 0.2) is 0 Å². The van der Waals surface area contributed by atoms with Crippen molar-refractivity contribution in [3.63, 3.8) is 0 Å². The van der Waals surface area contributed by atoms with E-state index in [2.05, 4.69) is 11.4 Å². The van der Waals surface area contributed by atoms with Crippen molar-refractivity contribution in [3.8, 4) is 6.07 Å². The molecule has 1 aliphatic heterocycles. The molecule has 1 aliphatic rings. The van der Waals surface area contributed by atoms with Crippen LogP contribution in [-0.2, 0) is 21.2 Å². The first-order valence-corrected chi connectivity index (χ1v) is 10.8. The highest BCUT2D eigenvalue weighted by atomic mass is 32.2. The maximum absolute atomic E-state index is 12.8. The number of anilines is 1. The van der Waals surface area contributed by atoms with Gasteiger partial charge in [0.25, 0.3) is 0 Å². The minimum absolute atomic E-state index is 0.183. The summed E-state index contributed by atoms with van der Waals surface area (Å²) in [6.07, 6.45) is 3.63. The average Bonchev–Trinajstić information content (AvgIpc) is 2.73. The summed E-state index contributed by atoms with van der Waals surface area (Å²) in [6, 6.07) is 15.6. The van der Waals surface area contributed by atoms with Crippen molar-refractivity contribution >= 4 is 21.6 Å². The number of aryl methyl sites for hydroxylation is 1. The SMILES string of the molecule is N#Cc1ccc(CCC(=O)Nc2cccc(S(=O)(=O)N3CCCCC3)c2)cc1. The van der Waals surface area contributed by atoms with E-state index in [1.807, 2.05) is 12.1 Å². The third-order valence-electron chi connectivity index (χ3n) is 4.79. The van der Waals surface area contributed by atoms with Gasteiger partial charge in [0.2, 0.25) is 15.9 Å². The van der Waals surface area contributed by atoms with Gasteiger partial charge in [-0.05, 0) is 55.2 Å². The Morgan fingerprint density at radius 3 is 2.46 bits per heavy atom. The second-order valence-electron chi connectivity index (χ2n) is 6.85. The first-order chi connectivity index (χ1) is 13.5. The molecule has 1 saturated heterocycles. The van der Waals surface area contributed by atoms with E-state index in [1.54, 1.807) is 30.3 Å². The zero-order valence-corrected chi connectivity index (χ0v) is 16.4. The fourth-order valence-corrected chi connectivity index (χ4v) is 4.78. The molecule has 2 aromatic carbocycles. The summed E-state index contributed by atoms with van der Waals surface area (Å²) in [5.41, 5.74) is 2.03. The summed E-state index contributed by atoms with van der Waals surface area (Å²) >= 11 is 0. The molecule has 7 heteroatoms. The Morgan fingerprint density at radius 2 is 1.79 bits per heavy atom. The van der Waals surface area contributed by atoms with Crippen LogP contribution >= 0.6 is 0 Å². The van der Waals surface area contributed by atoms with Gasteiger partial charge in [0.05, 0.1) is 16.5 Å². The van der Waals surface area contributed by atoms with Crippen molar-refractivity contribution < 1.29 is 13.2 Å². The Hall–Kier alpha value is -2.69. The van der Waals surface area contributed by atoms with Crippen LogP contribution in [0.3, 0.4) is 0 Å². The molecule has 146 valence electrons. The number of benzene rings is 2. The van der Waals surface area contributed by atoms with Crippen molar-refractivity contribution in [2.45, 2.75) is 37.0 Å². The Bertz CT molecular complexity index is 973. The van der Waals surface area contributed by atoms with Crippen LogP contribution in [0.5, 0.6) is 0 Å². The third-order valence-corrected chi connectivity index (χ3v) is 6.69. The molecule has 0 aliphatic carbocycles. The quantitative estimate of drug-likeness (QED) is 0.810. The number of piperidine rings is 1. The van der Waals surface area contributed by atoms with Crippen molar-refractivity contribution in [3.05, 3.63) is 59.7 Å². The Balaban J connectivity index is 1.61. The van der Waals surface area contributed by atoms with Crippen molar-refractivity contribution in [2.75, 3.05) is 18.4 Å². The first-order valence-electron chi connectivity index (χ1n) is 9.38. The molecular weight excluding hydrogens is 374 g/mol. The summed E-state index contributed by atoms with van der Waals surface area (Å²) < 4.78 is 27.1. The molecule has 2 aromatic rings. The van der Waals surface area contributed by atoms with E-state index in [9.17, 15) is 13.2 Å². The normalized spacial score (nSPS) is 15.0. The standard InChI is InChI=1S/C21H23N3O3S/c22-16-18-9-7-17(8-10-18)11-12-21(25)23-19-5-4-6-20(15-19)28(26,27)24-13-2-1-3-14-24/h4-10,15H,1-3,11-14H2,(H,23,25). The van der Waals surface area contributed by atoms with E-state index >= 15 is 0 Å². The summed E-state index contributed by atoms with van der Waals surface area (Å²) in [5, 5.41) is 11.6. The maximum Gasteiger partial charge on any atom is 0.243 e. The lowest BCUT2D eigenvalue weighted by molar-refractivity contribution is -0.116. The predicted octanol–water partition coefficient (Wildman–Crippen LogP) is 3.30. The van der Waals surface area contributed by atoms with Crippen LogP contribution in [0, 0.1) is 11.3 Å². The minimum Gasteiger partial charge on any atom is -0.326 e. The molecule has 6 nitrogen and oxygen atoms in total. The number of carbonyl (C=O) groups excluding carboxylic acids is 1. The van der Waals surface area contributed by atoms with E-state index in [-0.39, 0.29) is 17.2 Å². The Labute approximate surface area is 165 Å². The Kier molecular flexibility index (Phi) is 6.45. The molecule has 0 bridgehead atoms. The lowest BCUT2D eigenvalue weighted by Gasteiger charge is -2.26. The molecular formula is C21H23N3O3S. The maximum atomic E-state index is 12.8. The molecule has 3 rings (SSSR count). The van der Waals surface area contributed by atoms with Crippen molar-refractivity contribution in [2.24, 2.45) is 0 Å². The van der Waals surface area contributed by atoms with E-state index in [0.717, 1.165) is 24.8 Å². The van der Waals surface area contributed by atoms with E-state index < -0.39 is 10.0 Å². The molecule has 1 amide bonds. The summed E-state index contributed by atoms with van der Waals surface area (Å²) in [5.74, 6) is -0.183. The lowest BCUT2D eigenvalue weighted by Crippen LogP contribution is -2.35. The minimum atomic E-state index is -3.53. The van der Waals surface area contributed by atoms with Gasteiger partial charge in [-0.25, -0.2) is 8.42 Å². The monoisotopic (exact) mass is 397 g/mol.